The average Bonchev–Trinajstić information content (AvgIpc) is 3.05. The van der Waals surface area contributed by atoms with Crippen LogP contribution in [0.3, 0.4) is 0 Å². The quantitative estimate of drug-likeness (QED) is 0.616. The molecular formula is C20H30O7S2. The molecule has 0 aliphatic heterocycles. The van der Waals surface area contributed by atoms with Crippen LogP contribution >= 0.6 is 0 Å². The van der Waals surface area contributed by atoms with E-state index in [1.54, 1.807) is 0 Å². The fourth-order valence-corrected chi connectivity index (χ4v) is 11.2. The molecule has 9 heteroatoms. The van der Waals surface area contributed by atoms with E-state index in [-0.39, 0.29) is 23.4 Å². The maximum atomic E-state index is 12.8. The highest BCUT2D eigenvalue weighted by molar-refractivity contribution is 7.99. The summed E-state index contributed by atoms with van der Waals surface area (Å²) in [4.78, 5) is 25.2. The van der Waals surface area contributed by atoms with Gasteiger partial charge >= 0.3 is 0 Å². The van der Waals surface area contributed by atoms with Crippen LogP contribution in [0.4, 0.5) is 0 Å². The first-order chi connectivity index (χ1) is 13.1. The highest BCUT2D eigenvalue weighted by atomic mass is 32.3. The molecule has 0 spiro atoms. The number of carbonyl (C=O) groups is 2. The lowest BCUT2D eigenvalue weighted by Crippen LogP contribution is -2.45. The normalized spacial score (nSPS) is 40.1. The largest absolute Gasteiger partial charge is 0.299 e. The number of rotatable bonds is 6. The summed E-state index contributed by atoms with van der Waals surface area (Å²) in [5, 5.41) is 0. The number of hydrogen-bond acceptors (Lipinski definition) is 7. The molecule has 4 fully saturated rings. The SMILES string of the molecule is CC1(C)C2CCC1(CS(=O)(=O)OS(=O)(=O)CC13CCC(CC1=O)C3(C)C)C(=O)C2. The molecule has 4 rings (SSSR count). The van der Waals surface area contributed by atoms with Gasteiger partial charge in [-0.3, -0.25) is 9.59 Å². The van der Waals surface area contributed by atoms with E-state index in [2.05, 4.69) is 0 Å². The molecule has 7 nitrogen and oxygen atoms in total. The lowest BCUT2D eigenvalue weighted by Gasteiger charge is -2.37. The monoisotopic (exact) mass is 446 g/mol. The number of fused-ring (bicyclic) bond motifs is 4. The molecule has 4 aliphatic carbocycles. The standard InChI is InChI=1S/C20H30O7S2/c1-17(2)13-5-7-19(17,15(21)9-13)11-28(23,24)27-29(25,26)12-20-8-6-14(10-16(20)22)18(20,3)4/h13-14H,5-12H2,1-4H3. The second kappa shape index (κ2) is 5.91. The molecule has 4 bridgehead atoms. The molecule has 0 aromatic rings. The maximum Gasteiger partial charge on any atom is 0.282 e. The first-order valence-electron chi connectivity index (χ1n) is 10.3. The second-order valence-electron chi connectivity index (χ2n) is 10.8. The van der Waals surface area contributed by atoms with Crippen LogP contribution in [0.5, 0.6) is 0 Å². The van der Waals surface area contributed by atoms with E-state index in [1.807, 2.05) is 27.7 Å². The summed E-state index contributed by atoms with van der Waals surface area (Å²) >= 11 is 0. The highest BCUT2D eigenvalue weighted by Gasteiger charge is 2.67. The molecule has 0 aromatic heterocycles. The van der Waals surface area contributed by atoms with E-state index in [1.165, 1.54) is 0 Å². The van der Waals surface area contributed by atoms with Crippen LogP contribution in [-0.4, -0.2) is 39.9 Å². The lowest BCUT2D eigenvalue weighted by molar-refractivity contribution is -0.128. The van der Waals surface area contributed by atoms with E-state index in [9.17, 15) is 26.4 Å². The van der Waals surface area contributed by atoms with Crippen molar-refractivity contribution in [1.29, 1.82) is 0 Å². The van der Waals surface area contributed by atoms with Crippen LogP contribution in [0, 0.1) is 33.5 Å². The van der Waals surface area contributed by atoms with Gasteiger partial charge in [-0.15, -0.1) is 3.63 Å². The Morgan fingerprint density at radius 3 is 1.34 bits per heavy atom. The summed E-state index contributed by atoms with van der Waals surface area (Å²) in [6.45, 7) is 7.54. The van der Waals surface area contributed by atoms with E-state index in [4.69, 9.17) is 3.63 Å². The third-order valence-corrected chi connectivity index (χ3v) is 12.7. The molecule has 0 heterocycles. The molecule has 164 valence electrons. The average molecular weight is 447 g/mol. The van der Waals surface area contributed by atoms with E-state index in [0.29, 0.717) is 25.7 Å². The molecular weight excluding hydrogens is 416 g/mol. The van der Waals surface area contributed by atoms with Crippen molar-refractivity contribution in [2.75, 3.05) is 11.5 Å². The van der Waals surface area contributed by atoms with Gasteiger partial charge < -0.3 is 0 Å². The van der Waals surface area contributed by atoms with Gasteiger partial charge in [0.05, 0.1) is 22.3 Å². The maximum absolute atomic E-state index is 12.8. The smallest absolute Gasteiger partial charge is 0.282 e. The fraction of sp³-hybridized carbons (Fsp3) is 0.900. The second-order valence-corrected chi connectivity index (χ2v) is 14.2. The van der Waals surface area contributed by atoms with Crippen molar-refractivity contribution in [3.8, 4) is 0 Å². The number of Topliss-reactive ketones (excluding diaryl/α,β-unsaturated/α-hetero) is 2. The van der Waals surface area contributed by atoms with Gasteiger partial charge in [0.1, 0.15) is 11.6 Å². The van der Waals surface area contributed by atoms with Gasteiger partial charge in [-0.05, 0) is 48.3 Å². The van der Waals surface area contributed by atoms with Crippen molar-refractivity contribution in [2.24, 2.45) is 33.5 Å². The van der Waals surface area contributed by atoms with Gasteiger partial charge in [0, 0.05) is 12.8 Å². The molecule has 4 aliphatic rings. The summed E-state index contributed by atoms with van der Waals surface area (Å²) in [5.41, 5.74) is -3.20. The number of hydrogen-bond donors (Lipinski definition) is 0. The first-order valence-corrected chi connectivity index (χ1v) is 13.5. The van der Waals surface area contributed by atoms with Crippen LogP contribution in [-0.2, 0) is 33.5 Å². The van der Waals surface area contributed by atoms with E-state index < -0.39 is 53.4 Å². The summed E-state index contributed by atoms with van der Waals surface area (Å²) in [7, 11) is -9.02. The molecule has 4 unspecified atom stereocenters. The first kappa shape index (κ1) is 21.4. The minimum atomic E-state index is -4.51. The van der Waals surface area contributed by atoms with Crippen molar-refractivity contribution in [1.82, 2.24) is 0 Å². The van der Waals surface area contributed by atoms with Gasteiger partial charge in [0.15, 0.2) is 0 Å². The molecule has 0 N–H and O–H groups in total. The Kier molecular flexibility index (Phi) is 4.37. The molecule has 0 amide bonds. The zero-order valence-corrected chi connectivity index (χ0v) is 19.1. The molecule has 4 saturated carbocycles. The Morgan fingerprint density at radius 2 is 1.10 bits per heavy atom. The zero-order valence-electron chi connectivity index (χ0n) is 17.5. The Morgan fingerprint density at radius 1 is 0.759 bits per heavy atom. The van der Waals surface area contributed by atoms with Crippen molar-refractivity contribution >= 4 is 31.8 Å². The van der Waals surface area contributed by atoms with Crippen LogP contribution in [0.1, 0.15) is 66.2 Å². The van der Waals surface area contributed by atoms with Crippen molar-refractivity contribution in [3.05, 3.63) is 0 Å². The number of carbonyl (C=O) groups excluding carboxylic acids is 2. The molecule has 29 heavy (non-hydrogen) atoms. The molecule has 0 saturated heterocycles. The highest BCUT2D eigenvalue weighted by Crippen LogP contribution is 2.65. The van der Waals surface area contributed by atoms with E-state index >= 15 is 0 Å². The Balaban J connectivity index is 1.57. The third kappa shape index (κ3) is 2.75. The Bertz CT molecular complexity index is 912. The van der Waals surface area contributed by atoms with Crippen LogP contribution in [0.15, 0.2) is 0 Å². The zero-order chi connectivity index (χ0) is 21.7. The Labute approximate surface area is 173 Å². The van der Waals surface area contributed by atoms with Gasteiger partial charge in [-0.2, -0.15) is 16.8 Å². The molecule has 0 radical (unpaired) electrons. The minimum absolute atomic E-state index is 0.118. The summed E-state index contributed by atoms with van der Waals surface area (Å²) in [6.07, 6.45) is 3.06. The summed E-state index contributed by atoms with van der Waals surface area (Å²) < 4.78 is 56.0. The van der Waals surface area contributed by atoms with Crippen molar-refractivity contribution in [2.45, 2.75) is 66.2 Å². The number of ketones is 2. The van der Waals surface area contributed by atoms with Crippen molar-refractivity contribution in [3.63, 3.8) is 0 Å². The summed E-state index contributed by atoms with van der Waals surface area (Å²) in [5.74, 6) is -1.23. The Hall–Kier alpha value is -0.800. The van der Waals surface area contributed by atoms with Crippen molar-refractivity contribution < 1.29 is 30.1 Å². The van der Waals surface area contributed by atoms with Gasteiger partial charge in [-0.25, -0.2) is 0 Å². The predicted octanol–water partition coefficient (Wildman–Crippen LogP) is 2.45. The third-order valence-electron chi connectivity index (χ3n) is 9.33. The molecule has 0 aromatic carbocycles. The van der Waals surface area contributed by atoms with Crippen LogP contribution in [0.25, 0.3) is 0 Å². The van der Waals surface area contributed by atoms with Crippen LogP contribution < -0.4 is 0 Å². The van der Waals surface area contributed by atoms with Gasteiger partial charge in [-0.1, -0.05) is 27.7 Å². The predicted molar refractivity (Wildman–Crippen MR) is 106 cm³/mol. The lowest BCUT2D eigenvalue weighted by atomic mass is 9.70. The van der Waals surface area contributed by atoms with E-state index in [0.717, 1.165) is 12.8 Å². The summed E-state index contributed by atoms with van der Waals surface area (Å²) in [6, 6.07) is 0. The van der Waals surface area contributed by atoms with Gasteiger partial charge in [0.25, 0.3) is 20.2 Å². The van der Waals surface area contributed by atoms with Gasteiger partial charge in [0.2, 0.25) is 0 Å². The minimum Gasteiger partial charge on any atom is -0.299 e. The fourth-order valence-electron chi connectivity index (χ4n) is 7.03. The molecule has 4 atom stereocenters. The topological polar surface area (TPSA) is 112 Å². The van der Waals surface area contributed by atoms with Crippen LogP contribution in [0.2, 0.25) is 0 Å².